The first kappa shape index (κ1) is 11.7. The van der Waals surface area contributed by atoms with E-state index in [1.165, 1.54) is 0 Å². The van der Waals surface area contributed by atoms with Crippen LogP contribution in [0.2, 0.25) is 0 Å². The summed E-state index contributed by atoms with van der Waals surface area (Å²) in [5.41, 5.74) is 6.78. The minimum absolute atomic E-state index is 0.0189. The van der Waals surface area contributed by atoms with E-state index in [0.29, 0.717) is 5.84 Å². The smallest absolute Gasteiger partial charge is 0.0999 e. The van der Waals surface area contributed by atoms with E-state index in [-0.39, 0.29) is 11.5 Å². The lowest BCUT2D eigenvalue weighted by atomic mass is 9.95. The molecule has 1 heterocycles. The molecule has 1 unspecified atom stereocenters. The third-order valence-corrected chi connectivity index (χ3v) is 2.22. The van der Waals surface area contributed by atoms with Crippen molar-refractivity contribution in [1.82, 2.24) is 4.98 Å². The summed E-state index contributed by atoms with van der Waals surface area (Å²) in [6.45, 7) is 8.16. The summed E-state index contributed by atoms with van der Waals surface area (Å²) >= 11 is 0. The van der Waals surface area contributed by atoms with Crippen LogP contribution in [0.25, 0.3) is 0 Å². The van der Waals surface area contributed by atoms with Crippen molar-refractivity contribution in [2.75, 3.05) is 0 Å². The molecule has 0 bridgehead atoms. The van der Waals surface area contributed by atoms with Crippen LogP contribution in [0.5, 0.6) is 0 Å². The molecule has 1 atom stereocenters. The number of aromatic nitrogens is 1. The number of nitrogens with two attached hydrogens (primary N) is 1. The largest absolute Gasteiger partial charge is 0.387 e. The van der Waals surface area contributed by atoms with Crippen LogP contribution in [0, 0.1) is 5.41 Å². The summed E-state index contributed by atoms with van der Waals surface area (Å²) < 4.78 is 0. The minimum Gasteiger partial charge on any atom is -0.387 e. The number of rotatable bonds is 2. The first-order valence-corrected chi connectivity index (χ1v) is 5.16. The zero-order valence-electron chi connectivity index (χ0n) is 9.86. The number of pyridine rings is 1. The van der Waals surface area contributed by atoms with Gasteiger partial charge in [-0.2, -0.15) is 0 Å². The van der Waals surface area contributed by atoms with Crippen LogP contribution in [0.1, 0.15) is 39.4 Å². The van der Waals surface area contributed by atoms with Gasteiger partial charge in [-0.3, -0.25) is 9.98 Å². The maximum absolute atomic E-state index is 5.91. The molecule has 1 aromatic heterocycles. The van der Waals surface area contributed by atoms with Gasteiger partial charge in [0.2, 0.25) is 0 Å². The first-order chi connectivity index (χ1) is 6.91. The highest BCUT2D eigenvalue weighted by molar-refractivity contribution is 5.85. The second-order valence-electron chi connectivity index (χ2n) is 4.69. The Labute approximate surface area is 91.4 Å². The van der Waals surface area contributed by atoms with Gasteiger partial charge in [0.15, 0.2) is 0 Å². The Morgan fingerprint density at radius 2 is 2.07 bits per heavy atom. The van der Waals surface area contributed by atoms with E-state index in [1.54, 1.807) is 6.20 Å². The van der Waals surface area contributed by atoms with Crippen molar-refractivity contribution in [3.05, 3.63) is 30.1 Å². The van der Waals surface area contributed by atoms with Crippen LogP contribution in [0.3, 0.4) is 0 Å². The molecule has 15 heavy (non-hydrogen) atoms. The summed E-state index contributed by atoms with van der Waals surface area (Å²) in [5.74, 6) is 0.667. The Morgan fingerprint density at radius 1 is 1.40 bits per heavy atom. The molecule has 2 N–H and O–H groups in total. The lowest BCUT2D eigenvalue weighted by molar-refractivity contribution is 0.574. The number of nitrogens with zero attached hydrogens (tertiary/aromatic N) is 2. The normalized spacial score (nSPS) is 15.1. The Balaban J connectivity index is 2.84. The Hall–Kier alpha value is -1.38. The predicted molar refractivity (Wildman–Crippen MR) is 63.7 cm³/mol. The molecule has 0 spiro atoms. The van der Waals surface area contributed by atoms with Crippen LogP contribution in [-0.2, 0) is 0 Å². The number of hydrogen-bond acceptors (Lipinski definition) is 2. The second kappa shape index (κ2) is 4.43. The molecule has 0 aliphatic carbocycles. The fourth-order valence-corrected chi connectivity index (χ4v) is 1.09. The van der Waals surface area contributed by atoms with Gasteiger partial charge in [-0.05, 0) is 19.1 Å². The monoisotopic (exact) mass is 205 g/mol. The molecule has 0 fully saturated rings. The molecule has 0 aromatic carbocycles. The number of hydrogen-bond donors (Lipinski definition) is 1. The molecule has 0 aliphatic heterocycles. The van der Waals surface area contributed by atoms with E-state index in [9.17, 15) is 0 Å². The molecule has 0 saturated heterocycles. The summed E-state index contributed by atoms with van der Waals surface area (Å²) in [4.78, 5) is 8.70. The molecule has 0 radical (unpaired) electrons. The predicted octanol–water partition coefficient (Wildman–Crippen LogP) is 2.55. The highest BCUT2D eigenvalue weighted by Gasteiger charge is 2.16. The van der Waals surface area contributed by atoms with Crippen LogP contribution in [0.4, 0.5) is 0 Å². The molecule has 0 aliphatic rings. The van der Waals surface area contributed by atoms with Gasteiger partial charge in [0.25, 0.3) is 0 Å². The zero-order chi connectivity index (χ0) is 11.5. The van der Waals surface area contributed by atoms with Gasteiger partial charge in [0, 0.05) is 11.6 Å². The van der Waals surface area contributed by atoms with E-state index < -0.39 is 0 Å². The molecule has 1 aromatic rings. The molecular formula is C12H19N3. The van der Waals surface area contributed by atoms with Gasteiger partial charge in [-0.15, -0.1) is 0 Å². The van der Waals surface area contributed by atoms with Gasteiger partial charge < -0.3 is 5.73 Å². The lowest BCUT2D eigenvalue weighted by Crippen LogP contribution is -2.29. The second-order valence-corrected chi connectivity index (χ2v) is 4.69. The Bertz CT molecular complexity index is 336. The van der Waals surface area contributed by atoms with Crippen molar-refractivity contribution in [2.24, 2.45) is 16.1 Å². The zero-order valence-corrected chi connectivity index (χ0v) is 9.86. The molecule has 1 rings (SSSR count). The van der Waals surface area contributed by atoms with Gasteiger partial charge in [0.1, 0.15) is 0 Å². The van der Waals surface area contributed by atoms with Gasteiger partial charge >= 0.3 is 0 Å². The van der Waals surface area contributed by atoms with E-state index in [2.05, 4.69) is 30.7 Å². The maximum atomic E-state index is 5.91. The first-order valence-electron chi connectivity index (χ1n) is 5.16. The van der Waals surface area contributed by atoms with Gasteiger partial charge in [0.05, 0.1) is 17.6 Å². The van der Waals surface area contributed by atoms with Crippen molar-refractivity contribution in [2.45, 2.75) is 33.7 Å². The van der Waals surface area contributed by atoms with Crippen molar-refractivity contribution in [1.29, 1.82) is 0 Å². The summed E-state index contributed by atoms with van der Waals surface area (Å²) in [6, 6.07) is 5.84. The molecule has 3 heteroatoms. The fourth-order valence-electron chi connectivity index (χ4n) is 1.09. The van der Waals surface area contributed by atoms with E-state index in [4.69, 9.17) is 5.73 Å². The maximum Gasteiger partial charge on any atom is 0.0999 e. The average Bonchev–Trinajstić information content (AvgIpc) is 2.17. The quantitative estimate of drug-likeness (QED) is 0.596. The van der Waals surface area contributed by atoms with Crippen molar-refractivity contribution >= 4 is 5.84 Å². The van der Waals surface area contributed by atoms with Crippen molar-refractivity contribution < 1.29 is 0 Å². The summed E-state index contributed by atoms with van der Waals surface area (Å²) in [6.07, 6.45) is 1.77. The van der Waals surface area contributed by atoms with Gasteiger partial charge in [-0.1, -0.05) is 26.8 Å². The molecule has 0 amide bonds. The van der Waals surface area contributed by atoms with Crippen LogP contribution < -0.4 is 5.73 Å². The minimum atomic E-state index is -0.0803. The third-order valence-electron chi connectivity index (χ3n) is 2.22. The van der Waals surface area contributed by atoms with Crippen LogP contribution >= 0.6 is 0 Å². The highest BCUT2D eigenvalue weighted by atomic mass is 14.9. The number of aliphatic imine (C=N–C) groups is 1. The van der Waals surface area contributed by atoms with Crippen molar-refractivity contribution in [3.8, 4) is 0 Å². The Morgan fingerprint density at radius 3 is 2.53 bits per heavy atom. The van der Waals surface area contributed by atoms with Crippen LogP contribution in [-0.4, -0.2) is 10.8 Å². The topological polar surface area (TPSA) is 51.3 Å². The summed E-state index contributed by atoms with van der Waals surface area (Å²) in [7, 11) is 0. The fraction of sp³-hybridized carbons (Fsp3) is 0.500. The standard InChI is InChI=1S/C12H19N3/c1-9(10-7-5-6-8-14-10)15-11(13)12(2,3)4/h5-9H,1-4H3,(H2,13,15). The molecule has 3 nitrogen and oxygen atoms in total. The van der Waals surface area contributed by atoms with E-state index >= 15 is 0 Å². The van der Waals surface area contributed by atoms with Crippen LogP contribution in [0.15, 0.2) is 29.4 Å². The highest BCUT2D eigenvalue weighted by Crippen LogP contribution is 2.18. The third kappa shape index (κ3) is 3.35. The Kier molecular flexibility index (Phi) is 3.45. The van der Waals surface area contributed by atoms with Gasteiger partial charge in [-0.25, -0.2) is 0 Å². The lowest BCUT2D eigenvalue weighted by Gasteiger charge is -2.19. The molecule has 0 saturated carbocycles. The molecule has 82 valence electrons. The van der Waals surface area contributed by atoms with E-state index in [1.807, 2.05) is 25.1 Å². The summed E-state index contributed by atoms with van der Waals surface area (Å²) in [5, 5.41) is 0. The SMILES string of the molecule is CC(N=C(N)C(C)(C)C)c1ccccn1. The van der Waals surface area contributed by atoms with E-state index in [0.717, 1.165) is 5.69 Å². The van der Waals surface area contributed by atoms with Crippen molar-refractivity contribution in [3.63, 3.8) is 0 Å². The molecular weight excluding hydrogens is 186 g/mol. The number of amidine groups is 1. The average molecular weight is 205 g/mol.